The van der Waals surface area contributed by atoms with Gasteiger partial charge in [-0.15, -0.1) is 23.1 Å². The van der Waals surface area contributed by atoms with Crippen LogP contribution in [-0.4, -0.2) is 22.7 Å². The van der Waals surface area contributed by atoms with Crippen molar-refractivity contribution in [3.8, 4) is 10.8 Å². The van der Waals surface area contributed by atoms with Crippen molar-refractivity contribution in [2.45, 2.75) is 44.4 Å². The Balaban J connectivity index is 1.41. The molecule has 0 radical (unpaired) electrons. The number of carbonyl (C=O) groups excluding carboxylic acids is 1. The maximum absolute atomic E-state index is 12.1. The number of carbonyl (C=O) groups is 1. The maximum Gasteiger partial charge on any atom is 0.230 e. The fraction of sp³-hybridized carbons (Fsp3) is 0.529. The lowest BCUT2D eigenvalue weighted by Crippen LogP contribution is -2.41. The Kier molecular flexibility index (Phi) is 5.78. The van der Waals surface area contributed by atoms with Gasteiger partial charge in [-0.25, -0.2) is 4.98 Å². The zero-order chi connectivity index (χ0) is 16.1. The number of thioether (sulfide) groups is 1. The Hall–Kier alpha value is -1.27. The second-order valence-electron chi connectivity index (χ2n) is 6.05. The molecule has 0 aliphatic heterocycles. The molecule has 1 N–H and O–H groups in total. The third-order valence-corrected chi connectivity index (χ3v) is 6.10. The van der Waals surface area contributed by atoms with Crippen molar-refractivity contribution in [3.63, 3.8) is 0 Å². The van der Waals surface area contributed by atoms with E-state index in [4.69, 9.17) is 4.42 Å². The lowest BCUT2D eigenvalue weighted by molar-refractivity contribution is -0.119. The van der Waals surface area contributed by atoms with E-state index in [1.165, 1.54) is 19.3 Å². The summed E-state index contributed by atoms with van der Waals surface area (Å²) < 4.78 is 5.35. The number of hydrogen-bond acceptors (Lipinski definition) is 5. The van der Waals surface area contributed by atoms with Gasteiger partial charge in [-0.3, -0.25) is 4.79 Å². The highest BCUT2D eigenvalue weighted by Crippen LogP contribution is 2.26. The number of amides is 1. The highest BCUT2D eigenvalue weighted by molar-refractivity contribution is 7.99. The number of thiazole rings is 1. The Morgan fingerprint density at radius 3 is 3.13 bits per heavy atom. The van der Waals surface area contributed by atoms with Gasteiger partial charge in [0, 0.05) is 17.2 Å². The molecule has 1 aliphatic carbocycles. The third-order valence-electron chi connectivity index (χ3n) is 4.22. The van der Waals surface area contributed by atoms with Gasteiger partial charge < -0.3 is 9.73 Å². The second-order valence-corrected chi connectivity index (χ2v) is 7.89. The molecule has 2 aromatic rings. The normalized spacial score (nSPS) is 21.3. The first-order chi connectivity index (χ1) is 11.2. The van der Waals surface area contributed by atoms with E-state index in [0.717, 1.165) is 28.6 Å². The first-order valence-corrected chi connectivity index (χ1v) is 10.1. The van der Waals surface area contributed by atoms with Crippen molar-refractivity contribution in [1.29, 1.82) is 0 Å². The summed E-state index contributed by atoms with van der Waals surface area (Å²) in [6.07, 6.45) is 6.53. The molecule has 1 fully saturated rings. The average Bonchev–Trinajstić information content (AvgIpc) is 3.20. The van der Waals surface area contributed by atoms with E-state index in [0.29, 0.717) is 17.7 Å². The monoisotopic (exact) mass is 350 g/mol. The topological polar surface area (TPSA) is 55.1 Å². The average molecular weight is 351 g/mol. The summed E-state index contributed by atoms with van der Waals surface area (Å²) in [6, 6.07) is 4.14. The van der Waals surface area contributed by atoms with Crippen LogP contribution in [0.1, 0.15) is 38.3 Å². The summed E-state index contributed by atoms with van der Waals surface area (Å²) in [4.78, 5) is 16.6. The minimum absolute atomic E-state index is 0.148. The molecule has 0 unspecified atom stereocenters. The molecule has 0 saturated heterocycles. The van der Waals surface area contributed by atoms with Gasteiger partial charge in [-0.1, -0.05) is 19.8 Å². The van der Waals surface area contributed by atoms with E-state index < -0.39 is 0 Å². The van der Waals surface area contributed by atoms with Crippen LogP contribution in [0.4, 0.5) is 0 Å². The maximum atomic E-state index is 12.1. The van der Waals surface area contributed by atoms with Gasteiger partial charge >= 0.3 is 0 Å². The SMILES string of the molecule is C[C@@H]1CCCC[C@@H]1NC(=O)CSCc1csc(-c2ccco2)n1. The molecule has 3 rings (SSSR count). The summed E-state index contributed by atoms with van der Waals surface area (Å²) in [7, 11) is 0. The van der Waals surface area contributed by atoms with Crippen LogP contribution >= 0.6 is 23.1 Å². The summed E-state index contributed by atoms with van der Waals surface area (Å²) in [5.74, 6) is 2.81. The molecule has 2 aromatic heterocycles. The van der Waals surface area contributed by atoms with Crippen LogP contribution in [0.2, 0.25) is 0 Å². The molecule has 0 bridgehead atoms. The molecule has 2 heterocycles. The summed E-state index contributed by atoms with van der Waals surface area (Å²) >= 11 is 3.19. The van der Waals surface area contributed by atoms with Gasteiger partial charge in [-0.05, 0) is 30.9 Å². The third kappa shape index (κ3) is 4.61. The number of hydrogen-bond donors (Lipinski definition) is 1. The Morgan fingerprint density at radius 1 is 1.48 bits per heavy atom. The van der Waals surface area contributed by atoms with Gasteiger partial charge in [0.05, 0.1) is 17.7 Å². The second kappa shape index (κ2) is 8.02. The zero-order valence-electron chi connectivity index (χ0n) is 13.3. The predicted octanol–water partition coefficient (Wildman–Crippen LogP) is 4.33. The Labute approximate surface area is 145 Å². The van der Waals surface area contributed by atoms with Gasteiger partial charge in [-0.2, -0.15) is 0 Å². The van der Waals surface area contributed by atoms with Crippen molar-refractivity contribution in [3.05, 3.63) is 29.5 Å². The molecule has 1 aliphatic rings. The molecule has 1 saturated carbocycles. The molecule has 6 heteroatoms. The van der Waals surface area contributed by atoms with Crippen molar-refractivity contribution in [2.24, 2.45) is 5.92 Å². The van der Waals surface area contributed by atoms with E-state index in [1.807, 2.05) is 17.5 Å². The minimum Gasteiger partial charge on any atom is -0.462 e. The summed E-state index contributed by atoms with van der Waals surface area (Å²) in [5, 5.41) is 6.12. The fourth-order valence-corrected chi connectivity index (χ4v) is 4.53. The number of aromatic nitrogens is 1. The highest BCUT2D eigenvalue weighted by Gasteiger charge is 2.22. The van der Waals surface area contributed by atoms with Gasteiger partial charge in [0.1, 0.15) is 0 Å². The number of furan rings is 1. The zero-order valence-corrected chi connectivity index (χ0v) is 14.9. The Bertz CT molecular complexity index is 624. The van der Waals surface area contributed by atoms with Crippen LogP contribution in [-0.2, 0) is 10.5 Å². The fourth-order valence-electron chi connectivity index (χ4n) is 2.91. The van der Waals surface area contributed by atoms with E-state index in [2.05, 4.69) is 17.2 Å². The molecule has 23 heavy (non-hydrogen) atoms. The smallest absolute Gasteiger partial charge is 0.230 e. The molecule has 1 amide bonds. The van der Waals surface area contributed by atoms with Crippen LogP contribution < -0.4 is 5.32 Å². The summed E-state index contributed by atoms with van der Waals surface area (Å²) in [6.45, 7) is 2.24. The molecular formula is C17H22N2O2S2. The molecule has 0 aromatic carbocycles. The Morgan fingerprint density at radius 2 is 2.35 bits per heavy atom. The number of nitrogens with zero attached hydrogens (tertiary/aromatic N) is 1. The molecule has 0 spiro atoms. The van der Waals surface area contributed by atoms with Gasteiger partial charge in [0.25, 0.3) is 0 Å². The van der Waals surface area contributed by atoms with Crippen molar-refractivity contribution in [1.82, 2.24) is 10.3 Å². The molecule has 2 atom stereocenters. The number of nitrogens with one attached hydrogen (secondary N) is 1. The van der Waals surface area contributed by atoms with Gasteiger partial charge in [0.15, 0.2) is 10.8 Å². The molecule has 124 valence electrons. The van der Waals surface area contributed by atoms with Crippen LogP contribution in [0.5, 0.6) is 0 Å². The molecular weight excluding hydrogens is 328 g/mol. The van der Waals surface area contributed by atoms with E-state index in [1.54, 1.807) is 29.4 Å². The van der Waals surface area contributed by atoms with Crippen molar-refractivity contribution >= 4 is 29.0 Å². The summed E-state index contributed by atoms with van der Waals surface area (Å²) in [5.41, 5.74) is 1.00. The molecule has 4 nitrogen and oxygen atoms in total. The lowest BCUT2D eigenvalue weighted by Gasteiger charge is -2.29. The quantitative estimate of drug-likeness (QED) is 0.842. The van der Waals surface area contributed by atoms with Crippen molar-refractivity contribution < 1.29 is 9.21 Å². The van der Waals surface area contributed by atoms with E-state index in [-0.39, 0.29) is 5.91 Å². The van der Waals surface area contributed by atoms with Crippen LogP contribution in [0.3, 0.4) is 0 Å². The van der Waals surface area contributed by atoms with Gasteiger partial charge in [0.2, 0.25) is 5.91 Å². The van der Waals surface area contributed by atoms with Crippen molar-refractivity contribution in [2.75, 3.05) is 5.75 Å². The van der Waals surface area contributed by atoms with Crippen LogP contribution in [0.25, 0.3) is 10.8 Å². The predicted molar refractivity (Wildman–Crippen MR) is 95.5 cm³/mol. The first-order valence-electron chi connectivity index (χ1n) is 8.08. The number of rotatable bonds is 6. The highest BCUT2D eigenvalue weighted by atomic mass is 32.2. The minimum atomic E-state index is 0.148. The lowest BCUT2D eigenvalue weighted by atomic mass is 9.86. The van der Waals surface area contributed by atoms with E-state index >= 15 is 0 Å². The largest absolute Gasteiger partial charge is 0.462 e. The van der Waals surface area contributed by atoms with Crippen LogP contribution in [0, 0.1) is 5.92 Å². The first kappa shape index (κ1) is 16.6. The standard InChI is InChI=1S/C17H22N2O2S2/c1-12-5-2-3-6-14(12)19-16(20)11-22-9-13-10-23-17(18-13)15-7-4-8-21-15/h4,7-8,10,12,14H,2-3,5-6,9,11H2,1H3,(H,19,20)/t12-,14+/m1/s1. The van der Waals surface area contributed by atoms with E-state index in [9.17, 15) is 4.79 Å². The van der Waals surface area contributed by atoms with Crippen LogP contribution in [0.15, 0.2) is 28.2 Å².